The van der Waals surface area contributed by atoms with Crippen LogP contribution in [0.5, 0.6) is 11.5 Å². The number of rotatable bonds is 14. The molecule has 0 radical (unpaired) electrons. The third kappa shape index (κ3) is 10.4. The molecule has 4 aromatic carbocycles. The Balaban J connectivity index is 1.04. The Morgan fingerprint density at radius 2 is 1.46 bits per heavy atom. The van der Waals surface area contributed by atoms with E-state index >= 15 is 0 Å². The van der Waals surface area contributed by atoms with Gasteiger partial charge >= 0.3 is 12.1 Å². The fourth-order valence-electron chi connectivity index (χ4n) is 8.58. The second kappa shape index (κ2) is 19.5. The Hall–Kier alpha value is -6.49. The summed E-state index contributed by atoms with van der Waals surface area (Å²) in [7, 11) is -1.27. The lowest BCUT2D eigenvalue weighted by Gasteiger charge is -2.44. The Bertz CT molecular complexity index is 2620. The van der Waals surface area contributed by atoms with Crippen LogP contribution in [-0.4, -0.2) is 91.7 Å². The molecule has 3 aliphatic rings. The number of hydrogen-bond acceptors (Lipinski definition) is 12. The van der Waals surface area contributed by atoms with Crippen molar-refractivity contribution >= 4 is 54.9 Å². The normalized spacial score (nSPS) is 17.7. The van der Waals surface area contributed by atoms with Gasteiger partial charge in [0.05, 0.1) is 24.4 Å². The first-order chi connectivity index (χ1) is 32.4. The highest BCUT2D eigenvalue weighted by Crippen LogP contribution is 2.47. The summed E-state index contributed by atoms with van der Waals surface area (Å²) in [6, 6.07) is 23.4. The van der Waals surface area contributed by atoms with Crippen molar-refractivity contribution in [3.8, 4) is 22.6 Å². The predicted molar refractivity (Wildman–Crippen MR) is 267 cm³/mol. The highest BCUT2D eigenvalue weighted by Gasteiger charge is 2.51. The number of carbonyl (C=O) groups is 5. The van der Waals surface area contributed by atoms with Crippen molar-refractivity contribution in [2.24, 2.45) is 5.92 Å². The Morgan fingerprint density at radius 3 is 2.03 bits per heavy atom. The van der Waals surface area contributed by atoms with Crippen molar-refractivity contribution < 1.29 is 47.7 Å². The number of ketones is 1. The molecule has 2 heterocycles. The Morgan fingerprint density at radius 1 is 0.855 bits per heavy atom. The quantitative estimate of drug-likeness (QED) is 0.0407. The van der Waals surface area contributed by atoms with Gasteiger partial charge in [-0.2, -0.15) is 0 Å². The van der Waals surface area contributed by atoms with Crippen LogP contribution in [0.3, 0.4) is 0 Å². The topological polar surface area (TPSA) is 185 Å². The van der Waals surface area contributed by atoms with Crippen LogP contribution in [0.4, 0.5) is 16.2 Å². The zero-order valence-electron chi connectivity index (χ0n) is 41.6. The van der Waals surface area contributed by atoms with Crippen LogP contribution in [-0.2, 0) is 28.3 Å². The molecule has 0 saturated carbocycles. The number of esters is 1. The number of benzene rings is 4. The zero-order chi connectivity index (χ0) is 50.3. The number of phenols is 1. The molecular formula is C53H65N5O10Si. The first kappa shape index (κ1) is 50.4. The standard InChI is InChI=1S/C53H65N5O10Si/c1-30(2)45(46(60)50(63)66-29-40-37-19-15-13-17-35(37)36-18-14-16-20-38(36)40)54-47(61)31(3)55-56-34-23-21-32(22-24-34)33-25-42-49(68-69(11,12)53(7,8)9)58(51(64)67-52(4,5)6)41-27-43(59)44(65-10)26-39(41)48(62)57(42)28-33/h13-24,26-28,30-31,40,42,45,49,55-56,59H,25,29H2,1-12H3,(H,54,61)/t31-,42-,45?,49-/m0/s1. The largest absolute Gasteiger partial charge is 0.504 e. The lowest BCUT2D eigenvalue weighted by atomic mass is 9.97. The van der Waals surface area contributed by atoms with Gasteiger partial charge in [0.2, 0.25) is 5.91 Å². The van der Waals surface area contributed by atoms with Crippen molar-refractivity contribution in [2.45, 2.75) is 123 Å². The third-order valence-electron chi connectivity index (χ3n) is 13.4. The van der Waals surface area contributed by atoms with Gasteiger partial charge in [0.15, 0.2) is 26.0 Å². The maximum atomic E-state index is 14.7. The molecule has 0 aromatic heterocycles. The highest BCUT2D eigenvalue weighted by atomic mass is 28.4. The molecule has 7 rings (SSSR count). The molecule has 1 unspecified atom stereocenters. The minimum atomic E-state index is -2.66. The molecule has 4 aromatic rings. The molecule has 1 aliphatic carbocycles. The van der Waals surface area contributed by atoms with Gasteiger partial charge in [-0.25, -0.2) is 19.9 Å². The number of anilines is 2. The van der Waals surface area contributed by atoms with Gasteiger partial charge in [-0.15, -0.1) is 0 Å². The van der Waals surface area contributed by atoms with Crippen LogP contribution in [0.2, 0.25) is 18.1 Å². The predicted octanol–water partition coefficient (Wildman–Crippen LogP) is 9.13. The fraction of sp³-hybridized carbons (Fsp3) is 0.415. The number of phenolic OH excluding ortho intramolecular Hbond substituents is 1. The summed E-state index contributed by atoms with van der Waals surface area (Å²) in [6.07, 6.45) is 0.358. The zero-order valence-corrected chi connectivity index (χ0v) is 42.6. The first-order valence-corrected chi connectivity index (χ1v) is 26.3. The van der Waals surface area contributed by atoms with Gasteiger partial charge in [-0.3, -0.25) is 14.4 Å². The van der Waals surface area contributed by atoms with E-state index < -0.39 is 73.8 Å². The fourth-order valence-corrected chi connectivity index (χ4v) is 9.80. The number of hydrogen-bond donors (Lipinski definition) is 4. The maximum absolute atomic E-state index is 14.7. The van der Waals surface area contributed by atoms with Crippen LogP contribution in [0.1, 0.15) is 102 Å². The van der Waals surface area contributed by atoms with E-state index in [9.17, 15) is 29.1 Å². The molecule has 0 bridgehead atoms. The number of nitrogens with zero attached hydrogens (tertiary/aromatic N) is 2. The first-order valence-electron chi connectivity index (χ1n) is 23.4. The third-order valence-corrected chi connectivity index (χ3v) is 17.8. The van der Waals surface area contributed by atoms with Gasteiger partial charge in [0.1, 0.15) is 24.3 Å². The molecule has 0 spiro atoms. The van der Waals surface area contributed by atoms with Crippen LogP contribution in [0.15, 0.2) is 91.1 Å². The van der Waals surface area contributed by atoms with E-state index in [1.807, 2.05) is 72.8 Å². The summed E-state index contributed by atoms with van der Waals surface area (Å²) < 4.78 is 24.1. The number of ether oxygens (including phenoxy) is 3. The van der Waals surface area contributed by atoms with Crippen LogP contribution in [0.25, 0.3) is 16.7 Å². The van der Waals surface area contributed by atoms with Crippen LogP contribution in [0, 0.1) is 5.92 Å². The van der Waals surface area contributed by atoms with E-state index in [2.05, 4.69) is 50.0 Å². The molecule has 0 saturated heterocycles. The number of hydrazine groups is 1. The molecule has 366 valence electrons. The molecular weight excluding hydrogens is 895 g/mol. The monoisotopic (exact) mass is 959 g/mol. The number of nitrogens with one attached hydrogen (secondary N) is 3. The van der Waals surface area contributed by atoms with Crippen molar-refractivity contribution in [1.82, 2.24) is 15.6 Å². The summed E-state index contributed by atoms with van der Waals surface area (Å²) in [4.78, 5) is 72.2. The summed E-state index contributed by atoms with van der Waals surface area (Å²) >= 11 is 0. The molecule has 3 amide bonds. The van der Waals surface area contributed by atoms with E-state index in [-0.39, 0.29) is 40.3 Å². The number of amides is 3. The number of Topliss-reactive ketones (excluding diaryl/α,β-unsaturated/α-hetero) is 1. The van der Waals surface area contributed by atoms with Gasteiger partial charge in [0.25, 0.3) is 11.7 Å². The van der Waals surface area contributed by atoms with Gasteiger partial charge in [-0.1, -0.05) is 95.3 Å². The number of fused-ring (bicyclic) bond motifs is 5. The minimum Gasteiger partial charge on any atom is -0.504 e. The van der Waals surface area contributed by atoms with Crippen LogP contribution < -0.4 is 25.8 Å². The summed E-state index contributed by atoms with van der Waals surface area (Å²) in [5, 5.41) is 13.5. The van der Waals surface area contributed by atoms with E-state index in [1.165, 1.54) is 24.1 Å². The number of aromatic hydroxyl groups is 1. The Kier molecular flexibility index (Phi) is 14.2. The van der Waals surface area contributed by atoms with E-state index in [4.69, 9.17) is 18.6 Å². The van der Waals surface area contributed by atoms with E-state index in [0.717, 1.165) is 33.4 Å². The van der Waals surface area contributed by atoms with Crippen molar-refractivity contribution in [3.63, 3.8) is 0 Å². The average Bonchev–Trinajstić information content (AvgIpc) is 3.85. The molecule has 15 nitrogen and oxygen atoms in total. The second-order valence-electron chi connectivity index (χ2n) is 20.8. The van der Waals surface area contributed by atoms with E-state index in [0.29, 0.717) is 12.1 Å². The second-order valence-corrected chi connectivity index (χ2v) is 25.5. The maximum Gasteiger partial charge on any atom is 0.417 e. The molecule has 16 heteroatoms. The molecule has 69 heavy (non-hydrogen) atoms. The Labute approximate surface area is 405 Å². The molecule has 2 aliphatic heterocycles. The molecule has 0 fully saturated rings. The van der Waals surface area contributed by atoms with Crippen molar-refractivity contribution in [3.05, 3.63) is 113 Å². The summed E-state index contributed by atoms with van der Waals surface area (Å²) in [5.41, 5.74) is 11.9. The van der Waals surface area contributed by atoms with Gasteiger partial charge in [0, 0.05) is 23.9 Å². The molecule has 4 N–H and O–H groups in total. The van der Waals surface area contributed by atoms with Crippen molar-refractivity contribution in [2.75, 3.05) is 24.0 Å². The SMILES string of the molecule is COc1cc2c(cc1O)N(C(=O)OC(C)(C)C)[C@@H](O[Si](C)(C)C(C)(C)C)[C@@H]1CC(c3ccc(NN[C@@H](C)C(=O)NC(C(=O)C(=O)OCC4c5ccccc5-c5ccccc54)C(C)C)cc3)=CN1C2=O. The number of carbonyl (C=O) groups excluding carboxylic acids is 5. The minimum absolute atomic E-state index is 0.0125. The lowest BCUT2D eigenvalue weighted by Crippen LogP contribution is -2.58. The van der Waals surface area contributed by atoms with E-state index in [1.54, 1.807) is 52.6 Å². The summed E-state index contributed by atoms with van der Waals surface area (Å²) in [6.45, 7) is 20.8. The van der Waals surface area contributed by atoms with Gasteiger partial charge in [-0.05, 0) is 110 Å². The highest BCUT2D eigenvalue weighted by molar-refractivity contribution is 6.74. The lowest BCUT2D eigenvalue weighted by molar-refractivity contribution is -0.155. The average molecular weight is 960 g/mol. The molecule has 4 atom stereocenters. The summed E-state index contributed by atoms with van der Waals surface area (Å²) in [5.74, 6) is -3.55. The van der Waals surface area contributed by atoms with Crippen LogP contribution >= 0.6 is 0 Å². The number of methoxy groups -OCH3 is 1. The van der Waals surface area contributed by atoms with Crippen molar-refractivity contribution in [1.29, 1.82) is 0 Å². The van der Waals surface area contributed by atoms with Gasteiger partial charge < -0.3 is 39.4 Å². The smallest absolute Gasteiger partial charge is 0.417 e.